The molecule has 1 N–H and O–H groups in total. The van der Waals surface area contributed by atoms with E-state index in [0.29, 0.717) is 0 Å². The van der Waals surface area contributed by atoms with Gasteiger partial charge in [0.2, 0.25) is 0 Å². The monoisotopic (exact) mass is 830 g/mol. The number of carbonyl (C=O) groups excluding carboxylic acids is 5. The third-order valence-electron chi connectivity index (χ3n) is 10.0. The quantitative estimate of drug-likeness (QED) is 0.115. The van der Waals surface area contributed by atoms with Crippen molar-refractivity contribution in [1.82, 2.24) is 0 Å². The van der Waals surface area contributed by atoms with Crippen molar-refractivity contribution in [2.75, 3.05) is 0 Å². The summed E-state index contributed by atoms with van der Waals surface area (Å²) in [5, 5.41) is 11.4. The highest BCUT2D eigenvalue weighted by Crippen LogP contribution is 2.36. The van der Waals surface area contributed by atoms with Crippen LogP contribution in [0.15, 0.2) is 152 Å². The van der Waals surface area contributed by atoms with Crippen LogP contribution in [0.1, 0.15) is 65.6 Å². The molecule has 2 heterocycles. The summed E-state index contributed by atoms with van der Waals surface area (Å²) < 4.78 is 48.8. The van der Waals surface area contributed by atoms with Crippen molar-refractivity contribution >= 4 is 29.8 Å². The number of aliphatic hydroxyl groups excluding tert-OH is 1. The molecule has 10 atom stereocenters. The van der Waals surface area contributed by atoms with E-state index in [0.717, 1.165) is 0 Å². The van der Waals surface area contributed by atoms with Crippen molar-refractivity contribution in [3.8, 4) is 0 Å². The van der Waals surface area contributed by atoms with Crippen LogP contribution >= 0.6 is 0 Å². The molecule has 7 rings (SSSR count). The first-order valence-corrected chi connectivity index (χ1v) is 19.5. The highest BCUT2D eigenvalue weighted by Gasteiger charge is 2.56. The maximum Gasteiger partial charge on any atom is 0.338 e. The fourth-order valence-electron chi connectivity index (χ4n) is 6.92. The van der Waals surface area contributed by atoms with Crippen molar-refractivity contribution in [3.63, 3.8) is 0 Å². The van der Waals surface area contributed by atoms with Gasteiger partial charge in [-0.05, 0) is 74.5 Å². The summed E-state index contributed by atoms with van der Waals surface area (Å²) >= 11 is 0. The van der Waals surface area contributed by atoms with Crippen molar-refractivity contribution in [1.29, 1.82) is 0 Å². The molecule has 0 amide bonds. The Morgan fingerprint density at radius 2 is 0.656 bits per heavy atom. The van der Waals surface area contributed by atoms with Crippen LogP contribution < -0.4 is 0 Å². The van der Waals surface area contributed by atoms with E-state index in [4.69, 9.17) is 37.9 Å². The number of aliphatic hydroxyl groups is 1. The van der Waals surface area contributed by atoms with E-state index in [9.17, 15) is 29.1 Å². The van der Waals surface area contributed by atoms with Gasteiger partial charge in [0, 0.05) is 0 Å². The normalized spacial score (nSPS) is 25.9. The van der Waals surface area contributed by atoms with Crippen LogP contribution in [0.2, 0.25) is 0 Å². The van der Waals surface area contributed by atoms with E-state index in [1.165, 1.54) is 74.5 Å². The molecule has 61 heavy (non-hydrogen) atoms. The second-order valence-electron chi connectivity index (χ2n) is 14.2. The van der Waals surface area contributed by atoms with Crippen LogP contribution in [0.4, 0.5) is 0 Å². The second kappa shape index (κ2) is 19.6. The summed E-state index contributed by atoms with van der Waals surface area (Å²) in [4.78, 5) is 68.6. The van der Waals surface area contributed by atoms with Crippen molar-refractivity contribution in [2.24, 2.45) is 0 Å². The first-order valence-electron chi connectivity index (χ1n) is 19.5. The topological polar surface area (TPSA) is 179 Å². The molecule has 2 aliphatic heterocycles. The lowest BCUT2D eigenvalue weighted by atomic mass is 9.96. The Kier molecular flexibility index (Phi) is 13.6. The van der Waals surface area contributed by atoms with Gasteiger partial charge in [-0.1, -0.05) is 91.0 Å². The van der Waals surface area contributed by atoms with Crippen LogP contribution in [0.25, 0.3) is 0 Å². The molecule has 0 unspecified atom stereocenters. The molecule has 5 aromatic rings. The Labute approximate surface area is 350 Å². The number of hydrogen-bond donors (Lipinski definition) is 1. The molecule has 2 saturated heterocycles. The van der Waals surface area contributed by atoms with E-state index >= 15 is 0 Å². The third kappa shape index (κ3) is 10.2. The maximum atomic E-state index is 13.9. The third-order valence-corrected chi connectivity index (χ3v) is 10.0. The zero-order chi connectivity index (χ0) is 42.9. The number of ether oxygens (including phenoxy) is 8. The van der Waals surface area contributed by atoms with Gasteiger partial charge in [0.25, 0.3) is 0 Å². The van der Waals surface area contributed by atoms with Gasteiger partial charge in [-0.25, -0.2) is 24.0 Å². The summed E-state index contributed by atoms with van der Waals surface area (Å²) in [5.41, 5.74) is 0.701. The summed E-state index contributed by atoms with van der Waals surface area (Å²) in [6.45, 7) is 3.04. The molecule has 0 aliphatic carbocycles. The van der Waals surface area contributed by atoms with Crippen LogP contribution in [-0.2, 0) is 37.9 Å². The van der Waals surface area contributed by atoms with Gasteiger partial charge in [0.1, 0.15) is 6.10 Å². The van der Waals surface area contributed by atoms with Gasteiger partial charge in [-0.2, -0.15) is 0 Å². The highest BCUT2D eigenvalue weighted by atomic mass is 16.8. The highest BCUT2D eigenvalue weighted by molar-refractivity contribution is 5.92. The predicted molar refractivity (Wildman–Crippen MR) is 214 cm³/mol. The van der Waals surface area contributed by atoms with Gasteiger partial charge < -0.3 is 43.0 Å². The number of hydrogen-bond acceptors (Lipinski definition) is 14. The first kappa shape index (κ1) is 42.4. The molecule has 14 heteroatoms. The minimum absolute atomic E-state index is 0.102. The largest absolute Gasteiger partial charge is 0.453 e. The van der Waals surface area contributed by atoms with Crippen LogP contribution in [0.5, 0.6) is 0 Å². The van der Waals surface area contributed by atoms with Crippen LogP contribution in [0, 0.1) is 0 Å². The van der Waals surface area contributed by atoms with Gasteiger partial charge >= 0.3 is 29.8 Å². The molecule has 0 spiro atoms. The number of benzene rings is 5. The molecular weight excluding hydrogens is 789 g/mol. The van der Waals surface area contributed by atoms with Crippen molar-refractivity contribution in [2.45, 2.75) is 75.3 Å². The molecule has 14 nitrogen and oxygen atoms in total. The molecule has 2 aliphatic rings. The van der Waals surface area contributed by atoms with Crippen LogP contribution in [-0.4, -0.2) is 96.4 Å². The van der Waals surface area contributed by atoms with Gasteiger partial charge in [-0.15, -0.1) is 0 Å². The smallest absolute Gasteiger partial charge is 0.338 e. The molecule has 0 saturated carbocycles. The summed E-state index contributed by atoms with van der Waals surface area (Å²) in [5.74, 6) is -4.23. The summed E-state index contributed by atoms with van der Waals surface area (Å²) in [6.07, 6.45) is -15.2. The Bertz CT molecular complexity index is 2190. The fraction of sp³-hybridized carbons (Fsp3) is 0.255. The zero-order valence-corrected chi connectivity index (χ0v) is 33.0. The molecule has 5 aromatic carbocycles. The molecule has 0 radical (unpaired) electrons. The second-order valence-corrected chi connectivity index (χ2v) is 14.2. The average molecular weight is 831 g/mol. The SMILES string of the molecule is C[C@@H]1O[C@@H](O)[C@H](OC(=O)c2ccccc2)[C@H](O[C@@H]2O[C@@H](C)[C@@H](OC(=O)c3ccccc3)[C@@H](OC(=O)c3ccccc3)[C@H]2OC(=O)c2ccccc2)[C@@H]1OC(=O)c1ccccc1. The first-order chi connectivity index (χ1) is 29.6. The predicted octanol–water partition coefficient (Wildman–Crippen LogP) is 5.98. The fourth-order valence-corrected chi connectivity index (χ4v) is 6.92. The van der Waals surface area contributed by atoms with Gasteiger partial charge in [-0.3, -0.25) is 0 Å². The summed E-state index contributed by atoms with van der Waals surface area (Å²) in [6, 6.07) is 40.0. The number of rotatable bonds is 12. The molecule has 0 bridgehead atoms. The Hall–Kier alpha value is -6.71. The Morgan fingerprint density at radius 3 is 1.02 bits per heavy atom. The summed E-state index contributed by atoms with van der Waals surface area (Å²) in [7, 11) is 0. The molecule has 0 aromatic heterocycles. The lowest BCUT2D eigenvalue weighted by molar-refractivity contribution is -0.346. The van der Waals surface area contributed by atoms with Crippen molar-refractivity contribution < 1.29 is 67.0 Å². The minimum atomic E-state index is -1.84. The molecule has 2 fully saturated rings. The number of carbonyl (C=O) groups is 5. The van der Waals surface area contributed by atoms with Crippen LogP contribution in [0.3, 0.4) is 0 Å². The van der Waals surface area contributed by atoms with E-state index in [1.807, 2.05) is 0 Å². The zero-order valence-electron chi connectivity index (χ0n) is 33.0. The minimum Gasteiger partial charge on any atom is -0.453 e. The van der Waals surface area contributed by atoms with E-state index in [1.54, 1.807) is 91.0 Å². The Balaban J connectivity index is 1.30. The Morgan fingerprint density at radius 1 is 0.377 bits per heavy atom. The molecular formula is C47H42O14. The van der Waals surface area contributed by atoms with E-state index in [-0.39, 0.29) is 27.8 Å². The van der Waals surface area contributed by atoms with Gasteiger partial charge in [0.15, 0.2) is 43.1 Å². The lowest BCUT2D eigenvalue weighted by Gasteiger charge is -2.47. The number of esters is 5. The van der Waals surface area contributed by atoms with E-state index in [2.05, 4.69) is 0 Å². The standard InChI is InChI=1S/C47H42O14/c1-28-35(56-41(48)30-18-8-3-9-19-30)37(39(46(53)54-28)59-44(51)33-24-14-6-15-25-33)61-47-40(60-45(52)34-26-16-7-17-27-34)38(58-43(50)32-22-12-5-13-23-32)36(29(2)55-47)57-42(49)31-20-10-4-11-21-31/h3-29,35-40,46-47,53H,1-2H3/t28-,29-,35+,36+,37+,38+,39+,40+,46+,47-/m0/s1. The lowest BCUT2D eigenvalue weighted by Crippen LogP contribution is -2.66. The van der Waals surface area contributed by atoms with Gasteiger partial charge in [0.05, 0.1) is 40.0 Å². The maximum absolute atomic E-state index is 13.9. The molecule has 314 valence electrons. The van der Waals surface area contributed by atoms with Crippen molar-refractivity contribution in [3.05, 3.63) is 179 Å². The van der Waals surface area contributed by atoms with E-state index < -0.39 is 91.3 Å². The average Bonchev–Trinajstić information content (AvgIpc) is 3.29.